The van der Waals surface area contributed by atoms with Crippen molar-refractivity contribution in [1.82, 2.24) is 0 Å². The van der Waals surface area contributed by atoms with Gasteiger partial charge in [0.05, 0.1) is 0 Å². The molecule has 0 saturated heterocycles. The second kappa shape index (κ2) is 5.92. The highest BCUT2D eigenvalue weighted by Crippen LogP contribution is 2.21. The van der Waals surface area contributed by atoms with Crippen LogP contribution in [0.1, 0.15) is 12.8 Å². The molecule has 0 radical (unpaired) electrons. The maximum Gasteiger partial charge on any atom is -0.0228 e. The van der Waals surface area contributed by atoms with Gasteiger partial charge in [0.25, 0.3) is 0 Å². The lowest BCUT2D eigenvalue weighted by Crippen LogP contribution is -1.89. The topological polar surface area (TPSA) is 0 Å². The van der Waals surface area contributed by atoms with Crippen LogP contribution < -0.4 is 0 Å². The van der Waals surface area contributed by atoms with Crippen LogP contribution in [0.25, 0.3) is 0 Å². The SMILES string of the molecule is C1=CC2=C(\C=C/C=C\C=C/C=C\C=C/2)CC1. The summed E-state index contributed by atoms with van der Waals surface area (Å²) in [5, 5.41) is 0. The smallest absolute Gasteiger partial charge is 0.0228 e. The van der Waals surface area contributed by atoms with Crippen LogP contribution in [-0.4, -0.2) is 0 Å². The molecule has 0 fully saturated rings. The molecule has 0 spiro atoms. The van der Waals surface area contributed by atoms with Crippen LogP contribution in [0.15, 0.2) is 84.1 Å². The number of hydrogen-bond acceptors (Lipinski definition) is 0. The summed E-state index contributed by atoms with van der Waals surface area (Å²) in [5.74, 6) is 0. The summed E-state index contributed by atoms with van der Waals surface area (Å²) in [6.07, 6.45) is 27.6. The van der Waals surface area contributed by atoms with Crippen LogP contribution in [0.3, 0.4) is 0 Å². The Kier molecular flexibility index (Phi) is 3.95. The molecule has 0 N–H and O–H groups in total. The minimum atomic E-state index is 1.14. The van der Waals surface area contributed by atoms with Crippen LogP contribution >= 0.6 is 0 Å². The van der Waals surface area contributed by atoms with Crippen molar-refractivity contribution < 1.29 is 0 Å². The highest BCUT2D eigenvalue weighted by atomic mass is 14.1. The molecule has 0 unspecified atom stereocenters. The van der Waals surface area contributed by atoms with Crippen molar-refractivity contribution in [1.29, 1.82) is 0 Å². The molecule has 0 aromatic carbocycles. The normalized spacial score (nSPS) is 29.5. The first kappa shape index (κ1) is 10.7. The lowest BCUT2D eigenvalue weighted by atomic mass is 9.96. The van der Waals surface area contributed by atoms with Gasteiger partial charge < -0.3 is 0 Å². The van der Waals surface area contributed by atoms with Gasteiger partial charge in [-0.25, -0.2) is 0 Å². The van der Waals surface area contributed by atoms with E-state index in [2.05, 4.69) is 48.6 Å². The van der Waals surface area contributed by atoms with Crippen molar-refractivity contribution in [3.63, 3.8) is 0 Å². The largest absolute Gasteiger partial charge is 0.0836 e. The van der Waals surface area contributed by atoms with E-state index in [0.717, 1.165) is 12.8 Å². The van der Waals surface area contributed by atoms with Gasteiger partial charge in [0, 0.05) is 0 Å². The third-order valence-electron chi connectivity index (χ3n) is 2.60. The van der Waals surface area contributed by atoms with E-state index in [9.17, 15) is 0 Å². The zero-order valence-electron chi connectivity index (χ0n) is 9.34. The summed E-state index contributed by atoms with van der Waals surface area (Å²) in [6, 6.07) is 0. The molecule has 80 valence electrons. The van der Waals surface area contributed by atoms with Gasteiger partial charge in [0.2, 0.25) is 0 Å². The third-order valence-corrected chi connectivity index (χ3v) is 2.60. The highest BCUT2D eigenvalue weighted by Gasteiger charge is 2.01. The molecule has 0 nitrogen and oxygen atoms in total. The van der Waals surface area contributed by atoms with Gasteiger partial charge in [0.1, 0.15) is 0 Å². The Morgan fingerprint density at radius 3 is 2.00 bits per heavy atom. The Morgan fingerprint density at radius 2 is 1.25 bits per heavy atom. The molecule has 0 aliphatic heterocycles. The van der Waals surface area contributed by atoms with Gasteiger partial charge in [0.15, 0.2) is 0 Å². The van der Waals surface area contributed by atoms with Gasteiger partial charge in [-0.1, -0.05) is 72.9 Å². The molecule has 0 heterocycles. The summed E-state index contributed by atoms with van der Waals surface area (Å²) >= 11 is 0. The minimum absolute atomic E-state index is 1.14. The van der Waals surface area contributed by atoms with Crippen LogP contribution in [0.4, 0.5) is 0 Å². The first-order chi connectivity index (χ1) is 7.97. The first-order valence-electron chi connectivity index (χ1n) is 5.71. The molecule has 0 atom stereocenters. The molecule has 0 bridgehead atoms. The molecular weight excluding hydrogens is 192 g/mol. The molecule has 2 aliphatic carbocycles. The molecule has 16 heavy (non-hydrogen) atoms. The minimum Gasteiger partial charge on any atom is -0.0836 e. The van der Waals surface area contributed by atoms with Gasteiger partial charge in [-0.15, -0.1) is 0 Å². The van der Waals surface area contributed by atoms with E-state index in [1.165, 1.54) is 11.1 Å². The number of hydrogen-bond donors (Lipinski definition) is 0. The standard InChI is InChI=1S/C16H16/c1-2-4-6-8-12-16-14-10-9-13-15(16)11-7-5-3-1/h1-9,11-13H,10,14H2/b2-1-,3-1?,4-2?,5-3-,6-4-,7-5?,8-6?,11-7-,12-8-,15-11?,16-12?. The van der Waals surface area contributed by atoms with Crippen LogP contribution in [0.5, 0.6) is 0 Å². The molecule has 2 aliphatic rings. The van der Waals surface area contributed by atoms with E-state index < -0.39 is 0 Å². The molecule has 0 heteroatoms. The fraction of sp³-hybridized carbons (Fsp3) is 0.125. The van der Waals surface area contributed by atoms with Crippen molar-refractivity contribution in [3.8, 4) is 0 Å². The molecule has 0 aromatic rings. The maximum absolute atomic E-state index is 2.24. The van der Waals surface area contributed by atoms with Crippen molar-refractivity contribution in [2.75, 3.05) is 0 Å². The second-order valence-electron chi connectivity index (χ2n) is 3.79. The Bertz CT molecular complexity index is 435. The predicted molar refractivity (Wildman–Crippen MR) is 71.1 cm³/mol. The quantitative estimate of drug-likeness (QED) is 0.552. The molecule has 0 saturated carbocycles. The monoisotopic (exact) mass is 208 g/mol. The second-order valence-corrected chi connectivity index (χ2v) is 3.79. The fourth-order valence-corrected chi connectivity index (χ4v) is 1.76. The lowest BCUT2D eigenvalue weighted by Gasteiger charge is -2.09. The van der Waals surface area contributed by atoms with Crippen molar-refractivity contribution >= 4 is 0 Å². The summed E-state index contributed by atoms with van der Waals surface area (Å²) in [4.78, 5) is 0. The summed E-state index contributed by atoms with van der Waals surface area (Å²) < 4.78 is 0. The van der Waals surface area contributed by atoms with E-state index in [1.807, 2.05) is 24.3 Å². The van der Waals surface area contributed by atoms with Crippen molar-refractivity contribution in [2.24, 2.45) is 0 Å². The summed E-state index contributed by atoms with van der Waals surface area (Å²) in [5.41, 5.74) is 2.74. The summed E-state index contributed by atoms with van der Waals surface area (Å²) in [7, 11) is 0. The average molecular weight is 208 g/mol. The Labute approximate surface area is 97.4 Å². The van der Waals surface area contributed by atoms with Gasteiger partial charge in [-0.3, -0.25) is 0 Å². The molecule has 2 rings (SSSR count). The van der Waals surface area contributed by atoms with E-state index in [0.29, 0.717) is 0 Å². The zero-order valence-corrected chi connectivity index (χ0v) is 9.34. The Morgan fingerprint density at radius 1 is 0.625 bits per heavy atom. The zero-order chi connectivity index (χ0) is 11.1. The Hall–Kier alpha value is -1.82. The maximum atomic E-state index is 2.24. The lowest BCUT2D eigenvalue weighted by molar-refractivity contribution is 0.978. The van der Waals surface area contributed by atoms with Crippen molar-refractivity contribution in [3.05, 3.63) is 84.1 Å². The van der Waals surface area contributed by atoms with Gasteiger partial charge in [-0.2, -0.15) is 0 Å². The third kappa shape index (κ3) is 3.09. The average Bonchev–Trinajstić information content (AvgIpc) is 2.30. The summed E-state index contributed by atoms with van der Waals surface area (Å²) in [6.45, 7) is 0. The number of rotatable bonds is 0. The van der Waals surface area contributed by atoms with Gasteiger partial charge >= 0.3 is 0 Å². The number of allylic oxidation sites excluding steroid dienone is 14. The van der Waals surface area contributed by atoms with E-state index >= 15 is 0 Å². The van der Waals surface area contributed by atoms with E-state index in [4.69, 9.17) is 0 Å². The van der Waals surface area contributed by atoms with Crippen LogP contribution in [0, 0.1) is 0 Å². The van der Waals surface area contributed by atoms with Crippen LogP contribution in [0.2, 0.25) is 0 Å². The molecule has 0 amide bonds. The molecular formula is C16H16. The van der Waals surface area contributed by atoms with Crippen LogP contribution in [-0.2, 0) is 0 Å². The van der Waals surface area contributed by atoms with Crippen molar-refractivity contribution in [2.45, 2.75) is 12.8 Å². The molecule has 0 aromatic heterocycles. The first-order valence-corrected chi connectivity index (χ1v) is 5.71. The Balaban J connectivity index is 2.31. The fourth-order valence-electron chi connectivity index (χ4n) is 1.76. The van der Waals surface area contributed by atoms with E-state index in [1.54, 1.807) is 0 Å². The predicted octanol–water partition coefficient (Wildman–Crippen LogP) is 4.43. The van der Waals surface area contributed by atoms with E-state index in [-0.39, 0.29) is 0 Å². The highest BCUT2D eigenvalue weighted by molar-refractivity contribution is 5.44. The van der Waals surface area contributed by atoms with Gasteiger partial charge in [-0.05, 0) is 24.0 Å².